The van der Waals surface area contributed by atoms with Crippen molar-refractivity contribution in [3.8, 4) is 0 Å². The highest BCUT2D eigenvalue weighted by atomic mass is 19.4. The molecule has 0 amide bonds. The van der Waals surface area contributed by atoms with Crippen LogP contribution in [0.1, 0.15) is 17.3 Å². The molecule has 21 heavy (non-hydrogen) atoms. The van der Waals surface area contributed by atoms with Crippen LogP contribution < -0.4 is 0 Å². The molecule has 1 unspecified atom stereocenters. The second-order valence-electron chi connectivity index (χ2n) is 3.89. The zero-order chi connectivity index (χ0) is 16.2. The van der Waals surface area contributed by atoms with Crippen LogP contribution in [0.2, 0.25) is 0 Å². The summed E-state index contributed by atoms with van der Waals surface area (Å²) in [5.41, 5.74) is -0.845. The molecule has 0 heterocycles. The fourth-order valence-corrected chi connectivity index (χ4v) is 1.53. The van der Waals surface area contributed by atoms with E-state index in [1.807, 2.05) is 0 Å². The molecule has 0 aliphatic rings. The lowest BCUT2D eigenvalue weighted by Crippen LogP contribution is -2.38. The van der Waals surface area contributed by atoms with Gasteiger partial charge in [0.15, 0.2) is 5.78 Å². The van der Waals surface area contributed by atoms with E-state index in [4.69, 9.17) is 0 Å². The lowest BCUT2D eigenvalue weighted by Gasteiger charge is -2.17. The summed E-state index contributed by atoms with van der Waals surface area (Å²) in [6.45, 7) is 1.00. The number of hydrogen-bond donors (Lipinski definition) is 0. The molecule has 1 atom stereocenters. The number of nitro groups is 1. The zero-order valence-corrected chi connectivity index (χ0v) is 10.7. The fourth-order valence-electron chi connectivity index (χ4n) is 1.53. The van der Waals surface area contributed by atoms with E-state index in [9.17, 15) is 32.9 Å². The molecule has 0 saturated heterocycles. The van der Waals surface area contributed by atoms with Crippen molar-refractivity contribution in [2.45, 2.75) is 13.1 Å². The van der Waals surface area contributed by atoms with Crippen LogP contribution in [0.25, 0.3) is 0 Å². The lowest BCUT2D eigenvalue weighted by molar-refractivity contribution is -0.384. The van der Waals surface area contributed by atoms with Gasteiger partial charge in [0.1, 0.15) is 0 Å². The summed E-state index contributed by atoms with van der Waals surface area (Å²) in [5, 5.41) is 10.4. The Morgan fingerprint density at radius 2 is 1.81 bits per heavy atom. The largest absolute Gasteiger partial charge is 0.465 e. The first-order valence-electron chi connectivity index (χ1n) is 5.70. The smallest absolute Gasteiger partial charge is 0.409 e. The van der Waals surface area contributed by atoms with Crippen LogP contribution in [0.3, 0.4) is 0 Å². The lowest BCUT2D eigenvalue weighted by atomic mass is 9.97. The quantitative estimate of drug-likeness (QED) is 0.274. The molecule has 114 valence electrons. The summed E-state index contributed by atoms with van der Waals surface area (Å²) in [5.74, 6) is -6.16. The van der Waals surface area contributed by atoms with Gasteiger partial charge in [0.05, 0.1) is 11.5 Å². The third-order valence-electron chi connectivity index (χ3n) is 2.47. The Morgan fingerprint density at radius 1 is 1.29 bits per heavy atom. The predicted molar refractivity (Wildman–Crippen MR) is 63.6 cm³/mol. The predicted octanol–water partition coefficient (Wildman–Crippen LogP) is 2.52. The van der Waals surface area contributed by atoms with Crippen molar-refractivity contribution in [1.82, 2.24) is 0 Å². The summed E-state index contributed by atoms with van der Waals surface area (Å²) < 4.78 is 42.7. The van der Waals surface area contributed by atoms with Gasteiger partial charge in [0.25, 0.3) is 5.69 Å². The molecule has 9 heteroatoms. The Kier molecular flexibility index (Phi) is 5.01. The van der Waals surface area contributed by atoms with Crippen LogP contribution in [-0.4, -0.2) is 29.5 Å². The number of nitro benzene ring substituents is 1. The van der Waals surface area contributed by atoms with E-state index >= 15 is 0 Å². The highest BCUT2D eigenvalue weighted by molar-refractivity contribution is 6.09. The van der Waals surface area contributed by atoms with Crippen LogP contribution >= 0.6 is 0 Å². The van der Waals surface area contributed by atoms with Gasteiger partial charge in [0.2, 0.25) is 5.92 Å². The summed E-state index contributed by atoms with van der Waals surface area (Å²) in [6.07, 6.45) is -5.11. The first-order valence-corrected chi connectivity index (χ1v) is 5.70. The molecule has 0 aliphatic heterocycles. The van der Waals surface area contributed by atoms with E-state index in [1.54, 1.807) is 0 Å². The van der Waals surface area contributed by atoms with Gasteiger partial charge in [-0.2, -0.15) is 13.2 Å². The fraction of sp³-hybridized carbons (Fsp3) is 0.333. The topological polar surface area (TPSA) is 86.5 Å². The number of alkyl halides is 3. The van der Waals surface area contributed by atoms with Crippen LogP contribution in [-0.2, 0) is 9.53 Å². The van der Waals surface area contributed by atoms with Crippen LogP contribution in [0.4, 0.5) is 18.9 Å². The summed E-state index contributed by atoms with van der Waals surface area (Å²) in [6, 6.07) is 3.48. The normalized spacial score (nSPS) is 12.6. The number of rotatable bonds is 5. The standard InChI is InChI=1S/C12H10F3NO5/c1-2-21-11(18)9(12(13,14)15)10(17)7-3-5-8(6-4-7)16(19)20/h3-6,9H,2H2,1H3. The molecular weight excluding hydrogens is 295 g/mol. The summed E-state index contributed by atoms with van der Waals surface area (Å²) >= 11 is 0. The number of esters is 1. The number of ether oxygens (including phenoxy) is 1. The molecule has 0 N–H and O–H groups in total. The van der Waals surface area contributed by atoms with E-state index in [0.29, 0.717) is 0 Å². The van der Waals surface area contributed by atoms with Crippen molar-refractivity contribution in [2.75, 3.05) is 6.61 Å². The average Bonchev–Trinajstić information content (AvgIpc) is 2.37. The number of Topliss-reactive ketones (excluding diaryl/α,β-unsaturated/α-hetero) is 1. The number of halogens is 3. The Bertz CT molecular complexity index is 553. The molecule has 1 rings (SSSR count). The van der Waals surface area contributed by atoms with E-state index in [1.165, 1.54) is 6.92 Å². The molecule has 0 fully saturated rings. The van der Waals surface area contributed by atoms with Gasteiger partial charge in [-0.05, 0) is 19.1 Å². The van der Waals surface area contributed by atoms with Gasteiger partial charge >= 0.3 is 12.1 Å². The summed E-state index contributed by atoms with van der Waals surface area (Å²) in [4.78, 5) is 32.8. The first kappa shape index (κ1) is 16.6. The van der Waals surface area contributed by atoms with Gasteiger partial charge in [0, 0.05) is 17.7 Å². The maximum Gasteiger partial charge on any atom is 0.409 e. The Hall–Kier alpha value is -2.45. The number of ketones is 1. The summed E-state index contributed by atoms with van der Waals surface area (Å²) in [7, 11) is 0. The Balaban J connectivity index is 3.11. The van der Waals surface area contributed by atoms with Gasteiger partial charge in [-0.15, -0.1) is 0 Å². The van der Waals surface area contributed by atoms with Gasteiger partial charge in [-0.25, -0.2) is 0 Å². The van der Waals surface area contributed by atoms with Crippen molar-refractivity contribution in [3.63, 3.8) is 0 Å². The molecule has 1 aromatic rings. The van der Waals surface area contributed by atoms with E-state index < -0.39 is 34.3 Å². The van der Waals surface area contributed by atoms with Crippen LogP contribution in [0, 0.1) is 16.0 Å². The second-order valence-corrected chi connectivity index (χ2v) is 3.89. The Labute approximate surface area is 116 Å². The monoisotopic (exact) mass is 305 g/mol. The number of benzene rings is 1. The van der Waals surface area contributed by atoms with Crippen molar-refractivity contribution in [3.05, 3.63) is 39.9 Å². The minimum Gasteiger partial charge on any atom is -0.465 e. The SMILES string of the molecule is CCOC(=O)C(C(=O)c1ccc([N+](=O)[O-])cc1)C(F)(F)F. The number of hydrogen-bond acceptors (Lipinski definition) is 5. The van der Waals surface area contributed by atoms with Crippen molar-refractivity contribution < 1.29 is 32.4 Å². The van der Waals surface area contributed by atoms with Crippen molar-refractivity contribution in [2.24, 2.45) is 5.92 Å². The van der Waals surface area contributed by atoms with E-state index in [0.717, 1.165) is 24.3 Å². The van der Waals surface area contributed by atoms with Gasteiger partial charge < -0.3 is 4.74 Å². The Morgan fingerprint density at radius 3 is 2.19 bits per heavy atom. The third kappa shape index (κ3) is 4.01. The maximum atomic E-state index is 12.8. The number of carbonyl (C=O) groups is 2. The van der Waals surface area contributed by atoms with Gasteiger partial charge in [-0.1, -0.05) is 0 Å². The average molecular weight is 305 g/mol. The van der Waals surface area contributed by atoms with Crippen molar-refractivity contribution >= 4 is 17.4 Å². The molecule has 0 radical (unpaired) electrons. The number of carbonyl (C=O) groups excluding carboxylic acids is 2. The minimum absolute atomic E-state index is 0.307. The second kappa shape index (κ2) is 6.33. The maximum absolute atomic E-state index is 12.8. The minimum atomic E-state index is -5.11. The molecule has 1 aromatic carbocycles. The van der Waals surface area contributed by atoms with Crippen LogP contribution in [0.5, 0.6) is 0 Å². The highest BCUT2D eigenvalue weighted by Gasteiger charge is 2.51. The molecular formula is C12H10F3NO5. The molecule has 6 nitrogen and oxygen atoms in total. The first-order chi connectivity index (χ1) is 9.68. The van der Waals surface area contributed by atoms with Crippen molar-refractivity contribution in [1.29, 1.82) is 0 Å². The number of nitrogens with zero attached hydrogens (tertiary/aromatic N) is 1. The number of non-ortho nitro benzene ring substituents is 1. The highest BCUT2D eigenvalue weighted by Crippen LogP contribution is 2.30. The molecule has 0 bridgehead atoms. The third-order valence-corrected chi connectivity index (χ3v) is 2.47. The van der Waals surface area contributed by atoms with E-state index in [-0.39, 0.29) is 12.3 Å². The zero-order valence-electron chi connectivity index (χ0n) is 10.7. The molecule has 0 aliphatic carbocycles. The molecule has 0 aromatic heterocycles. The van der Waals surface area contributed by atoms with Gasteiger partial charge in [-0.3, -0.25) is 19.7 Å². The van der Waals surface area contributed by atoms with E-state index in [2.05, 4.69) is 4.74 Å². The molecule has 0 spiro atoms. The van der Waals surface area contributed by atoms with Crippen LogP contribution in [0.15, 0.2) is 24.3 Å². The molecule has 0 saturated carbocycles.